The summed E-state index contributed by atoms with van der Waals surface area (Å²) in [6.07, 6.45) is 4.79. The first kappa shape index (κ1) is 21.3. The van der Waals surface area contributed by atoms with E-state index < -0.39 is 0 Å². The van der Waals surface area contributed by atoms with Crippen LogP contribution in [0.5, 0.6) is 11.5 Å². The highest BCUT2D eigenvalue weighted by molar-refractivity contribution is 5.92. The quantitative estimate of drug-likeness (QED) is 0.520. The molecule has 0 radical (unpaired) electrons. The van der Waals surface area contributed by atoms with Gasteiger partial charge >= 0.3 is 0 Å². The Morgan fingerprint density at radius 1 is 1.09 bits per heavy atom. The van der Waals surface area contributed by atoms with Crippen molar-refractivity contribution >= 4 is 22.6 Å². The average Bonchev–Trinajstić information content (AvgIpc) is 3.46. The molecule has 1 amide bonds. The van der Waals surface area contributed by atoms with Crippen LogP contribution in [0.2, 0.25) is 0 Å². The number of ether oxygens (including phenoxy) is 2. The van der Waals surface area contributed by atoms with Crippen LogP contribution >= 0.6 is 0 Å². The van der Waals surface area contributed by atoms with Crippen molar-refractivity contribution in [3.63, 3.8) is 0 Å². The second-order valence-electron chi connectivity index (χ2n) is 9.81. The van der Waals surface area contributed by atoms with Gasteiger partial charge in [0.2, 0.25) is 12.7 Å². The van der Waals surface area contributed by atoms with Crippen LogP contribution in [0.3, 0.4) is 0 Å². The molecule has 1 saturated carbocycles. The number of amides is 1. The minimum Gasteiger partial charge on any atom is -0.454 e. The van der Waals surface area contributed by atoms with E-state index in [4.69, 9.17) is 9.47 Å². The van der Waals surface area contributed by atoms with E-state index in [0.717, 1.165) is 41.3 Å². The number of aryl methyl sites for hydroxylation is 1. The van der Waals surface area contributed by atoms with Crippen LogP contribution in [-0.4, -0.2) is 59.5 Å². The minimum atomic E-state index is 0.0139. The highest BCUT2D eigenvalue weighted by Gasteiger charge is 2.35. The number of nitrogens with zero attached hydrogens (tertiary/aromatic N) is 2. The van der Waals surface area contributed by atoms with Gasteiger partial charge in [0.05, 0.1) is 18.1 Å². The van der Waals surface area contributed by atoms with Gasteiger partial charge in [-0.2, -0.15) is 5.10 Å². The monoisotopic (exact) mass is 461 g/mol. The number of hydrogen-bond acceptors (Lipinski definition) is 6. The van der Waals surface area contributed by atoms with Gasteiger partial charge in [-0.15, -0.1) is 0 Å². The number of aromatic nitrogens is 2. The predicted octanol–water partition coefficient (Wildman–Crippen LogP) is 3.54. The number of hydrogen-bond donors (Lipinski definition) is 3. The zero-order valence-corrected chi connectivity index (χ0v) is 19.5. The molecule has 8 heteroatoms. The van der Waals surface area contributed by atoms with Gasteiger partial charge < -0.3 is 20.1 Å². The largest absolute Gasteiger partial charge is 0.454 e. The van der Waals surface area contributed by atoms with Crippen molar-refractivity contribution in [1.82, 2.24) is 20.4 Å². The van der Waals surface area contributed by atoms with Gasteiger partial charge in [0.1, 0.15) is 0 Å². The maximum Gasteiger partial charge on any atom is 0.239 e. The number of anilines is 1. The van der Waals surface area contributed by atoms with Gasteiger partial charge in [-0.1, -0.05) is 17.7 Å². The molecule has 1 aliphatic carbocycles. The number of likely N-dealkylation sites (tertiary alicyclic amines) is 1. The predicted molar refractivity (Wildman–Crippen MR) is 130 cm³/mol. The maximum atomic E-state index is 12.5. The van der Waals surface area contributed by atoms with Crippen LogP contribution in [0.4, 0.5) is 5.82 Å². The molecule has 8 nitrogen and oxygen atoms in total. The SMILES string of the molecule is Cc1ccc2[nH]nc(NCC(=O)NC3CN([C@H]4CC[C@@H](c5ccc6c(c5)OCO6)CC4)C3)c2c1. The Balaban J connectivity index is 0.937. The van der Waals surface area contributed by atoms with Gasteiger partial charge in [-0.3, -0.25) is 14.8 Å². The lowest BCUT2D eigenvalue weighted by molar-refractivity contribution is -0.121. The van der Waals surface area contributed by atoms with E-state index in [2.05, 4.69) is 50.9 Å². The van der Waals surface area contributed by atoms with E-state index in [9.17, 15) is 4.79 Å². The molecule has 3 heterocycles. The van der Waals surface area contributed by atoms with Crippen molar-refractivity contribution in [1.29, 1.82) is 0 Å². The number of H-pyrrole nitrogens is 1. The first-order chi connectivity index (χ1) is 16.6. The molecule has 2 aliphatic heterocycles. The zero-order chi connectivity index (χ0) is 23.1. The summed E-state index contributed by atoms with van der Waals surface area (Å²) in [6, 6.07) is 13.4. The number of rotatable bonds is 6. The molecule has 178 valence electrons. The van der Waals surface area contributed by atoms with Crippen LogP contribution in [0.25, 0.3) is 10.9 Å². The Morgan fingerprint density at radius 2 is 1.91 bits per heavy atom. The fourth-order valence-corrected chi connectivity index (χ4v) is 5.55. The standard InChI is InChI=1S/C26H31N5O3/c1-16-2-8-22-21(10-16)26(30-29-22)27-12-25(32)28-19-13-31(14-19)20-6-3-17(4-7-20)18-5-9-23-24(11-18)34-15-33-23/h2,5,8-11,17,19-20H,3-4,6-7,12-15H2,1H3,(H,28,32)(H2,27,29,30)/t17-,20+. The van der Waals surface area contributed by atoms with E-state index in [1.165, 1.54) is 36.8 Å². The summed E-state index contributed by atoms with van der Waals surface area (Å²) < 4.78 is 11.0. The van der Waals surface area contributed by atoms with Crippen molar-refractivity contribution in [2.45, 2.75) is 50.6 Å². The van der Waals surface area contributed by atoms with Gasteiger partial charge in [0.15, 0.2) is 17.3 Å². The summed E-state index contributed by atoms with van der Waals surface area (Å²) in [5.41, 5.74) is 3.50. The number of carbonyl (C=O) groups is 1. The lowest BCUT2D eigenvalue weighted by Crippen LogP contribution is -2.63. The summed E-state index contributed by atoms with van der Waals surface area (Å²) >= 11 is 0. The molecule has 2 fully saturated rings. The summed E-state index contributed by atoms with van der Waals surface area (Å²) in [7, 11) is 0. The second kappa shape index (κ2) is 8.83. The molecule has 2 aromatic carbocycles. The highest BCUT2D eigenvalue weighted by Crippen LogP contribution is 2.40. The number of aromatic amines is 1. The first-order valence-corrected chi connectivity index (χ1v) is 12.2. The van der Waals surface area contributed by atoms with E-state index >= 15 is 0 Å². The van der Waals surface area contributed by atoms with Crippen molar-refractivity contribution in [2.75, 3.05) is 31.7 Å². The fourth-order valence-electron chi connectivity index (χ4n) is 5.55. The van der Waals surface area contributed by atoms with E-state index in [0.29, 0.717) is 18.8 Å². The summed E-state index contributed by atoms with van der Waals surface area (Å²) in [4.78, 5) is 15.0. The Labute approximate surface area is 199 Å². The van der Waals surface area contributed by atoms with Gasteiger partial charge in [-0.05, 0) is 68.4 Å². The molecular formula is C26H31N5O3. The third-order valence-corrected chi connectivity index (χ3v) is 7.49. The summed E-state index contributed by atoms with van der Waals surface area (Å²) in [5.74, 6) is 3.07. The average molecular weight is 462 g/mol. The van der Waals surface area contributed by atoms with E-state index in [1.807, 2.05) is 18.2 Å². The Hall–Kier alpha value is -3.26. The van der Waals surface area contributed by atoms with Crippen molar-refractivity contribution in [3.8, 4) is 11.5 Å². The second-order valence-corrected chi connectivity index (χ2v) is 9.81. The van der Waals surface area contributed by atoms with Crippen LogP contribution in [0.1, 0.15) is 42.7 Å². The normalized spacial score (nSPS) is 22.5. The topological polar surface area (TPSA) is 91.5 Å². The molecule has 0 atom stereocenters. The summed E-state index contributed by atoms with van der Waals surface area (Å²) in [6.45, 7) is 4.49. The molecule has 1 saturated heterocycles. The van der Waals surface area contributed by atoms with Crippen LogP contribution in [0, 0.1) is 6.92 Å². The van der Waals surface area contributed by atoms with Crippen molar-refractivity contribution in [3.05, 3.63) is 47.5 Å². The van der Waals surface area contributed by atoms with Gasteiger partial charge in [0.25, 0.3) is 0 Å². The summed E-state index contributed by atoms with van der Waals surface area (Å²) in [5, 5.41) is 14.7. The smallest absolute Gasteiger partial charge is 0.239 e. The van der Waals surface area contributed by atoms with Crippen molar-refractivity contribution in [2.24, 2.45) is 0 Å². The fraction of sp³-hybridized carbons (Fsp3) is 0.462. The Bertz CT molecular complexity index is 1190. The lowest BCUT2D eigenvalue weighted by Gasteiger charge is -2.46. The molecule has 1 aromatic heterocycles. The molecule has 0 bridgehead atoms. The molecular weight excluding hydrogens is 430 g/mol. The Kier molecular flexibility index (Phi) is 5.53. The van der Waals surface area contributed by atoms with Crippen LogP contribution in [-0.2, 0) is 4.79 Å². The molecule has 3 aliphatic rings. The number of benzene rings is 2. The van der Waals surface area contributed by atoms with E-state index in [1.54, 1.807) is 0 Å². The molecule has 0 unspecified atom stereocenters. The third kappa shape index (κ3) is 4.18. The first-order valence-electron chi connectivity index (χ1n) is 12.2. The molecule has 6 rings (SSSR count). The van der Waals surface area contributed by atoms with Gasteiger partial charge in [0, 0.05) is 24.5 Å². The lowest BCUT2D eigenvalue weighted by atomic mass is 9.80. The maximum absolute atomic E-state index is 12.5. The molecule has 0 spiro atoms. The number of nitrogens with one attached hydrogen (secondary N) is 3. The number of carbonyl (C=O) groups excluding carboxylic acids is 1. The Morgan fingerprint density at radius 3 is 2.76 bits per heavy atom. The van der Waals surface area contributed by atoms with Crippen LogP contribution in [0.15, 0.2) is 36.4 Å². The van der Waals surface area contributed by atoms with E-state index in [-0.39, 0.29) is 18.5 Å². The van der Waals surface area contributed by atoms with Gasteiger partial charge in [-0.25, -0.2) is 0 Å². The number of fused-ring (bicyclic) bond motifs is 2. The molecule has 34 heavy (non-hydrogen) atoms. The zero-order valence-electron chi connectivity index (χ0n) is 19.5. The van der Waals surface area contributed by atoms with Crippen molar-refractivity contribution < 1.29 is 14.3 Å². The molecule has 3 N–H and O–H groups in total. The van der Waals surface area contributed by atoms with Crippen LogP contribution < -0.4 is 20.1 Å². The highest BCUT2D eigenvalue weighted by atomic mass is 16.7. The third-order valence-electron chi connectivity index (χ3n) is 7.49. The minimum absolute atomic E-state index is 0.0139. The molecule has 3 aromatic rings.